The average molecular weight is 305 g/mol. The zero-order valence-corrected chi connectivity index (χ0v) is 12.4. The van der Waals surface area contributed by atoms with Crippen LogP contribution in [0.5, 0.6) is 0 Å². The zero-order valence-electron chi connectivity index (χ0n) is 10.8. The van der Waals surface area contributed by atoms with Crippen LogP contribution in [0.15, 0.2) is 12.1 Å². The fourth-order valence-electron chi connectivity index (χ4n) is 1.49. The monoisotopic (exact) mass is 305 g/mol. The highest BCUT2D eigenvalue weighted by atomic mass is 32.2. The standard InChI is InChI=1S/C11H15NO5S2/c1-7(6-19(3,16)17)12(2)10(13)8-4-5-9(18-8)11(14)15/h4-5,7H,6H2,1-3H3,(H,14,15). The molecule has 0 aliphatic heterocycles. The molecule has 0 spiro atoms. The van der Waals surface area contributed by atoms with E-state index in [1.165, 1.54) is 24.1 Å². The number of hydrogen-bond acceptors (Lipinski definition) is 5. The lowest BCUT2D eigenvalue weighted by Gasteiger charge is -2.23. The topological polar surface area (TPSA) is 91.8 Å². The summed E-state index contributed by atoms with van der Waals surface area (Å²) < 4.78 is 22.4. The number of nitrogens with zero attached hydrogens (tertiary/aromatic N) is 1. The molecule has 106 valence electrons. The molecule has 0 aliphatic carbocycles. The first-order chi connectivity index (χ1) is 8.61. The van der Waals surface area contributed by atoms with Crippen molar-refractivity contribution in [2.45, 2.75) is 13.0 Å². The molecule has 0 aliphatic rings. The van der Waals surface area contributed by atoms with E-state index < -0.39 is 21.8 Å². The molecule has 1 heterocycles. The fraction of sp³-hybridized carbons (Fsp3) is 0.455. The summed E-state index contributed by atoms with van der Waals surface area (Å²) in [5.74, 6) is -1.60. The Hall–Kier alpha value is -1.41. The second-order valence-electron chi connectivity index (χ2n) is 4.33. The Kier molecular flexibility index (Phi) is 4.70. The van der Waals surface area contributed by atoms with Crippen LogP contribution in [0.3, 0.4) is 0 Å². The fourth-order valence-corrected chi connectivity index (χ4v) is 3.42. The molecule has 6 nitrogen and oxygen atoms in total. The van der Waals surface area contributed by atoms with Crippen LogP contribution in [0.25, 0.3) is 0 Å². The first-order valence-corrected chi connectivity index (χ1v) is 8.27. The number of amides is 1. The van der Waals surface area contributed by atoms with E-state index in [0.717, 1.165) is 17.6 Å². The maximum atomic E-state index is 12.1. The minimum Gasteiger partial charge on any atom is -0.477 e. The quantitative estimate of drug-likeness (QED) is 0.874. The third-order valence-corrected chi connectivity index (χ3v) is 4.70. The van der Waals surface area contributed by atoms with Gasteiger partial charge in [0.2, 0.25) is 0 Å². The first-order valence-electron chi connectivity index (χ1n) is 5.40. The van der Waals surface area contributed by atoms with Crippen LogP contribution in [0, 0.1) is 0 Å². The highest BCUT2D eigenvalue weighted by Crippen LogP contribution is 2.19. The SMILES string of the molecule is CC(CS(C)(=O)=O)N(C)C(=O)c1ccc(C(=O)O)s1. The Bertz CT molecular complexity index is 590. The molecule has 0 bridgehead atoms. The lowest BCUT2D eigenvalue weighted by Crippen LogP contribution is -2.38. The lowest BCUT2D eigenvalue weighted by molar-refractivity contribution is 0.0701. The molecule has 0 aromatic carbocycles. The van der Waals surface area contributed by atoms with E-state index in [1.54, 1.807) is 6.92 Å². The maximum absolute atomic E-state index is 12.1. The molecule has 0 fully saturated rings. The summed E-state index contributed by atoms with van der Waals surface area (Å²) in [6.07, 6.45) is 1.11. The smallest absolute Gasteiger partial charge is 0.345 e. The molecule has 1 atom stereocenters. The summed E-state index contributed by atoms with van der Waals surface area (Å²) in [7, 11) is -1.68. The van der Waals surface area contributed by atoms with Gasteiger partial charge in [-0.25, -0.2) is 13.2 Å². The first kappa shape index (κ1) is 15.6. The van der Waals surface area contributed by atoms with Crippen LogP contribution >= 0.6 is 11.3 Å². The predicted molar refractivity (Wildman–Crippen MR) is 72.5 cm³/mol. The maximum Gasteiger partial charge on any atom is 0.345 e. The van der Waals surface area contributed by atoms with E-state index in [0.29, 0.717) is 0 Å². The average Bonchev–Trinajstić information content (AvgIpc) is 2.73. The van der Waals surface area contributed by atoms with Gasteiger partial charge in [0.15, 0.2) is 0 Å². The minimum absolute atomic E-state index is 0.0764. The van der Waals surface area contributed by atoms with Crippen molar-refractivity contribution in [3.63, 3.8) is 0 Å². The van der Waals surface area contributed by atoms with E-state index in [1.807, 2.05) is 0 Å². The van der Waals surface area contributed by atoms with Crippen LogP contribution in [-0.2, 0) is 9.84 Å². The predicted octanol–water partition coefficient (Wildman–Crippen LogP) is 0.951. The second-order valence-corrected chi connectivity index (χ2v) is 7.60. The molecule has 8 heteroatoms. The Morgan fingerprint density at radius 1 is 1.37 bits per heavy atom. The van der Waals surface area contributed by atoms with Crippen molar-refractivity contribution in [1.82, 2.24) is 4.90 Å². The molecule has 1 aromatic rings. The van der Waals surface area contributed by atoms with Crippen molar-refractivity contribution in [2.24, 2.45) is 0 Å². The van der Waals surface area contributed by atoms with Gasteiger partial charge in [0.1, 0.15) is 14.7 Å². The van der Waals surface area contributed by atoms with Crippen molar-refractivity contribution in [2.75, 3.05) is 19.1 Å². The van der Waals surface area contributed by atoms with Gasteiger partial charge >= 0.3 is 5.97 Å². The van der Waals surface area contributed by atoms with Gasteiger partial charge in [-0.05, 0) is 19.1 Å². The summed E-state index contributed by atoms with van der Waals surface area (Å²) in [4.78, 5) is 24.4. The van der Waals surface area contributed by atoms with E-state index in [9.17, 15) is 18.0 Å². The highest BCUT2D eigenvalue weighted by molar-refractivity contribution is 7.90. The van der Waals surface area contributed by atoms with Crippen LogP contribution in [0.2, 0.25) is 0 Å². The molecule has 0 radical (unpaired) electrons. The number of sulfone groups is 1. The number of carbonyl (C=O) groups excluding carboxylic acids is 1. The van der Waals surface area contributed by atoms with E-state index >= 15 is 0 Å². The molecular formula is C11H15NO5S2. The van der Waals surface area contributed by atoms with Gasteiger partial charge in [-0.2, -0.15) is 0 Å². The van der Waals surface area contributed by atoms with Crippen LogP contribution in [0.4, 0.5) is 0 Å². The molecule has 1 rings (SSSR count). The third-order valence-electron chi connectivity index (χ3n) is 2.55. The zero-order chi connectivity index (χ0) is 14.8. The lowest BCUT2D eigenvalue weighted by atomic mass is 10.3. The number of carboxylic acid groups (broad SMARTS) is 1. The van der Waals surface area contributed by atoms with E-state index in [2.05, 4.69) is 0 Å². The molecule has 0 saturated heterocycles. The Morgan fingerprint density at radius 3 is 2.32 bits per heavy atom. The summed E-state index contributed by atoms with van der Waals surface area (Å²) in [6.45, 7) is 1.63. The highest BCUT2D eigenvalue weighted by Gasteiger charge is 2.22. The normalized spacial score (nSPS) is 13.0. The third kappa shape index (κ3) is 4.32. The van der Waals surface area contributed by atoms with Gasteiger partial charge in [-0.3, -0.25) is 4.79 Å². The van der Waals surface area contributed by atoms with E-state index in [-0.39, 0.29) is 21.4 Å². The second kappa shape index (κ2) is 5.70. The summed E-state index contributed by atoms with van der Waals surface area (Å²) in [5.41, 5.74) is 0. The van der Waals surface area contributed by atoms with Gasteiger partial charge in [0.25, 0.3) is 5.91 Å². The van der Waals surface area contributed by atoms with Crippen molar-refractivity contribution in [1.29, 1.82) is 0 Å². The minimum atomic E-state index is -3.18. The molecular weight excluding hydrogens is 290 g/mol. The van der Waals surface area contributed by atoms with Gasteiger partial charge < -0.3 is 10.0 Å². The molecule has 1 aromatic heterocycles. The van der Waals surface area contributed by atoms with Crippen LogP contribution < -0.4 is 0 Å². The number of rotatable bonds is 5. The van der Waals surface area contributed by atoms with Gasteiger partial charge in [0, 0.05) is 19.3 Å². The summed E-state index contributed by atoms with van der Waals surface area (Å²) >= 11 is 0.873. The Morgan fingerprint density at radius 2 is 1.89 bits per heavy atom. The molecule has 0 saturated carbocycles. The van der Waals surface area contributed by atoms with Crippen molar-refractivity contribution < 1.29 is 23.1 Å². The molecule has 1 amide bonds. The largest absolute Gasteiger partial charge is 0.477 e. The van der Waals surface area contributed by atoms with Crippen LogP contribution in [-0.4, -0.2) is 55.4 Å². The van der Waals surface area contributed by atoms with Gasteiger partial charge in [0.05, 0.1) is 10.6 Å². The number of hydrogen-bond donors (Lipinski definition) is 1. The van der Waals surface area contributed by atoms with Crippen molar-refractivity contribution in [3.8, 4) is 0 Å². The van der Waals surface area contributed by atoms with Gasteiger partial charge in [-0.1, -0.05) is 0 Å². The number of thiophene rings is 1. The number of carbonyl (C=O) groups is 2. The number of carboxylic acids is 1. The summed E-state index contributed by atoms with van der Waals surface area (Å²) in [6, 6.07) is 2.31. The van der Waals surface area contributed by atoms with Crippen molar-refractivity contribution >= 4 is 33.1 Å². The van der Waals surface area contributed by atoms with Crippen LogP contribution in [0.1, 0.15) is 26.3 Å². The number of aromatic carboxylic acids is 1. The van der Waals surface area contributed by atoms with E-state index in [4.69, 9.17) is 5.11 Å². The van der Waals surface area contributed by atoms with Crippen molar-refractivity contribution in [3.05, 3.63) is 21.9 Å². The summed E-state index contributed by atoms with van der Waals surface area (Å²) in [5, 5.41) is 8.79. The molecule has 1 N–H and O–H groups in total. The molecule has 1 unspecified atom stereocenters. The Balaban J connectivity index is 2.84. The van der Waals surface area contributed by atoms with Gasteiger partial charge in [-0.15, -0.1) is 11.3 Å². The molecule has 19 heavy (non-hydrogen) atoms. The Labute approximate surface area is 115 Å².